The quantitative estimate of drug-likeness (QED) is 0.633. The van der Waals surface area contributed by atoms with Gasteiger partial charge in [0.25, 0.3) is 0 Å². The number of halogens is 2. The van der Waals surface area contributed by atoms with E-state index in [1.54, 1.807) is 12.1 Å². The predicted molar refractivity (Wildman–Crippen MR) is 104 cm³/mol. The Kier molecular flexibility index (Phi) is 7.55. The number of benzene rings is 2. The molecule has 0 bridgehead atoms. The summed E-state index contributed by atoms with van der Waals surface area (Å²) in [5.74, 6) is 0.852. The summed E-state index contributed by atoms with van der Waals surface area (Å²) < 4.78 is 30.1. The zero-order valence-corrected chi connectivity index (χ0v) is 16.2. The summed E-state index contributed by atoms with van der Waals surface area (Å²) in [6.07, 6.45) is 0. The van der Waals surface area contributed by atoms with Crippen LogP contribution in [0.2, 0.25) is 5.02 Å². The number of ether oxygens (including phenoxy) is 3. The molecular formula is C19H22ClFN2O4. The van der Waals surface area contributed by atoms with Crippen molar-refractivity contribution in [2.75, 3.05) is 30.5 Å². The second-order valence-electron chi connectivity index (χ2n) is 5.31. The molecular weight excluding hydrogens is 375 g/mol. The van der Waals surface area contributed by atoms with Crippen LogP contribution in [0.25, 0.3) is 0 Å². The second kappa shape index (κ2) is 9.87. The molecule has 2 aromatic rings. The van der Waals surface area contributed by atoms with Crippen molar-refractivity contribution >= 4 is 29.0 Å². The molecule has 0 radical (unpaired) electrons. The zero-order valence-electron chi connectivity index (χ0n) is 15.4. The van der Waals surface area contributed by atoms with Crippen LogP contribution in [0.15, 0.2) is 30.3 Å². The molecule has 2 N–H and O–H groups in total. The van der Waals surface area contributed by atoms with E-state index >= 15 is 0 Å². The van der Waals surface area contributed by atoms with Gasteiger partial charge in [-0.1, -0.05) is 11.6 Å². The van der Waals surface area contributed by atoms with Crippen LogP contribution in [0.3, 0.4) is 0 Å². The Labute approximate surface area is 162 Å². The van der Waals surface area contributed by atoms with Gasteiger partial charge in [-0.05, 0) is 39.0 Å². The molecule has 0 atom stereocenters. The average molecular weight is 397 g/mol. The van der Waals surface area contributed by atoms with Gasteiger partial charge in [0.1, 0.15) is 5.82 Å². The van der Waals surface area contributed by atoms with E-state index in [1.165, 1.54) is 18.2 Å². The van der Waals surface area contributed by atoms with E-state index in [4.69, 9.17) is 25.8 Å². The molecule has 6 nitrogen and oxygen atoms in total. The van der Waals surface area contributed by atoms with Crippen molar-refractivity contribution in [3.63, 3.8) is 0 Å². The van der Waals surface area contributed by atoms with Crippen molar-refractivity contribution in [3.8, 4) is 17.2 Å². The lowest BCUT2D eigenvalue weighted by Crippen LogP contribution is -2.19. The van der Waals surface area contributed by atoms with Gasteiger partial charge in [0.2, 0.25) is 5.75 Å². The summed E-state index contributed by atoms with van der Waals surface area (Å²) in [5.41, 5.74) is 0.816. The predicted octanol–water partition coefficient (Wildman–Crippen LogP) is 5.32. The molecule has 2 rings (SSSR count). The number of amides is 2. The average Bonchev–Trinajstić information content (AvgIpc) is 2.61. The molecule has 0 aliphatic rings. The van der Waals surface area contributed by atoms with E-state index in [2.05, 4.69) is 10.6 Å². The van der Waals surface area contributed by atoms with Crippen molar-refractivity contribution in [3.05, 3.63) is 41.2 Å². The molecule has 0 saturated heterocycles. The minimum atomic E-state index is -0.558. The lowest BCUT2D eigenvalue weighted by atomic mass is 10.2. The molecule has 2 aromatic carbocycles. The second-order valence-corrected chi connectivity index (χ2v) is 5.72. The maximum atomic E-state index is 13.2. The maximum Gasteiger partial charge on any atom is 0.323 e. The third kappa shape index (κ3) is 5.65. The molecule has 0 saturated carbocycles. The minimum absolute atomic E-state index is 0.0777. The number of carbonyl (C=O) groups is 1. The van der Waals surface area contributed by atoms with E-state index in [0.29, 0.717) is 48.4 Å². The Balaban J connectivity index is 2.22. The Morgan fingerprint density at radius 3 is 2.00 bits per heavy atom. The number of rotatable bonds is 8. The number of nitrogens with one attached hydrogen (secondary N) is 2. The van der Waals surface area contributed by atoms with Gasteiger partial charge in [-0.3, -0.25) is 0 Å². The van der Waals surface area contributed by atoms with Crippen LogP contribution in [0, 0.1) is 5.82 Å². The van der Waals surface area contributed by atoms with Crippen molar-refractivity contribution in [2.24, 2.45) is 0 Å². The molecule has 0 aliphatic heterocycles. The van der Waals surface area contributed by atoms with Crippen molar-refractivity contribution in [1.82, 2.24) is 0 Å². The Hall–Kier alpha value is -2.67. The first-order chi connectivity index (χ1) is 13.0. The molecule has 27 heavy (non-hydrogen) atoms. The first-order valence-electron chi connectivity index (χ1n) is 8.57. The highest BCUT2D eigenvalue weighted by Crippen LogP contribution is 2.40. The highest BCUT2D eigenvalue weighted by molar-refractivity contribution is 6.31. The van der Waals surface area contributed by atoms with Crippen LogP contribution < -0.4 is 24.8 Å². The van der Waals surface area contributed by atoms with Crippen molar-refractivity contribution < 1.29 is 23.4 Å². The molecule has 0 spiro atoms. The monoisotopic (exact) mass is 396 g/mol. The van der Waals surface area contributed by atoms with E-state index < -0.39 is 11.8 Å². The molecule has 8 heteroatoms. The van der Waals surface area contributed by atoms with Gasteiger partial charge in [-0.2, -0.15) is 0 Å². The van der Waals surface area contributed by atoms with Gasteiger partial charge in [-0.25, -0.2) is 9.18 Å². The topological polar surface area (TPSA) is 68.8 Å². The Bertz CT molecular complexity index is 774. The van der Waals surface area contributed by atoms with Crippen LogP contribution in [0.5, 0.6) is 17.2 Å². The number of carbonyl (C=O) groups excluding carboxylic acids is 1. The summed E-state index contributed by atoms with van der Waals surface area (Å²) in [4.78, 5) is 12.3. The summed E-state index contributed by atoms with van der Waals surface area (Å²) in [5, 5.41) is 5.20. The summed E-state index contributed by atoms with van der Waals surface area (Å²) in [7, 11) is 0. The minimum Gasteiger partial charge on any atom is -0.490 e. The summed E-state index contributed by atoms with van der Waals surface area (Å²) in [6, 6.07) is 6.69. The Morgan fingerprint density at radius 1 is 0.926 bits per heavy atom. The van der Waals surface area contributed by atoms with E-state index in [-0.39, 0.29) is 5.02 Å². The van der Waals surface area contributed by atoms with E-state index in [1.807, 2.05) is 20.8 Å². The summed E-state index contributed by atoms with van der Waals surface area (Å²) >= 11 is 5.72. The van der Waals surface area contributed by atoms with Gasteiger partial charge in [0.15, 0.2) is 11.5 Å². The first-order valence-corrected chi connectivity index (χ1v) is 8.95. The fourth-order valence-electron chi connectivity index (χ4n) is 2.33. The fourth-order valence-corrected chi connectivity index (χ4v) is 2.51. The smallest absolute Gasteiger partial charge is 0.323 e. The molecule has 0 aromatic heterocycles. The van der Waals surface area contributed by atoms with Gasteiger partial charge >= 0.3 is 6.03 Å². The SMILES string of the molecule is CCOc1cc(NC(=O)Nc2ccc(F)c(Cl)c2)cc(OCC)c1OCC. The number of anilines is 2. The van der Waals surface area contributed by atoms with Crippen molar-refractivity contribution in [1.29, 1.82) is 0 Å². The molecule has 0 heterocycles. The molecule has 0 aliphatic carbocycles. The van der Waals surface area contributed by atoms with Gasteiger partial charge in [0, 0.05) is 17.8 Å². The lowest BCUT2D eigenvalue weighted by molar-refractivity contribution is 0.260. The largest absolute Gasteiger partial charge is 0.490 e. The maximum absolute atomic E-state index is 13.2. The third-order valence-corrected chi connectivity index (χ3v) is 3.63. The van der Waals surface area contributed by atoms with Crippen LogP contribution in [0.1, 0.15) is 20.8 Å². The Morgan fingerprint density at radius 2 is 1.48 bits per heavy atom. The normalized spacial score (nSPS) is 10.3. The van der Waals surface area contributed by atoms with Crippen LogP contribution in [-0.4, -0.2) is 25.9 Å². The van der Waals surface area contributed by atoms with Crippen LogP contribution in [0.4, 0.5) is 20.6 Å². The first kappa shape index (κ1) is 20.6. The van der Waals surface area contributed by atoms with E-state index in [9.17, 15) is 9.18 Å². The highest BCUT2D eigenvalue weighted by Gasteiger charge is 2.16. The van der Waals surface area contributed by atoms with Gasteiger partial charge in [-0.15, -0.1) is 0 Å². The molecule has 0 fully saturated rings. The third-order valence-electron chi connectivity index (χ3n) is 3.34. The fraction of sp³-hybridized carbons (Fsp3) is 0.316. The zero-order chi connectivity index (χ0) is 19.8. The van der Waals surface area contributed by atoms with E-state index in [0.717, 1.165) is 0 Å². The van der Waals surface area contributed by atoms with Gasteiger partial charge < -0.3 is 24.8 Å². The number of hydrogen-bond donors (Lipinski definition) is 2. The van der Waals surface area contributed by atoms with Gasteiger partial charge in [0.05, 0.1) is 30.5 Å². The molecule has 0 unspecified atom stereocenters. The van der Waals surface area contributed by atoms with Crippen LogP contribution >= 0.6 is 11.6 Å². The standard InChI is InChI=1S/C19H22ClFN2O4/c1-4-25-16-10-13(11-17(26-5-2)18(16)27-6-3)23-19(24)22-12-7-8-15(21)14(20)9-12/h7-11H,4-6H2,1-3H3,(H2,22,23,24). The number of urea groups is 1. The number of hydrogen-bond acceptors (Lipinski definition) is 4. The summed E-state index contributed by atoms with van der Waals surface area (Å²) in [6.45, 7) is 6.85. The van der Waals surface area contributed by atoms with Crippen molar-refractivity contribution in [2.45, 2.75) is 20.8 Å². The van der Waals surface area contributed by atoms with Crippen LogP contribution in [-0.2, 0) is 0 Å². The highest BCUT2D eigenvalue weighted by atomic mass is 35.5. The lowest BCUT2D eigenvalue weighted by Gasteiger charge is -2.17. The molecule has 146 valence electrons. The molecule has 2 amide bonds.